The van der Waals surface area contributed by atoms with E-state index >= 15 is 0 Å². The van der Waals surface area contributed by atoms with Crippen LogP contribution in [0.5, 0.6) is 11.5 Å². The zero-order chi connectivity index (χ0) is 42.1. The van der Waals surface area contributed by atoms with Gasteiger partial charge in [0.05, 0.1) is 16.8 Å². The summed E-state index contributed by atoms with van der Waals surface area (Å²) in [6, 6.07) is 44.7. The minimum atomic E-state index is -0.686. The second-order valence-electron chi connectivity index (χ2n) is 19.8. The first-order valence-electron chi connectivity index (χ1n) is 21.0. The molecule has 0 atom stereocenters. The third kappa shape index (κ3) is 7.30. The fourth-order valence-electron chi connectivity index (χ4n) is 9.15. The van der Waals surface area contributed by atoms with E-state index in [9.17, 15) is 0 Å². The average Bonchev–Trinajstić information content (AvgIpc) is 3.47. The number of aryl methyl sites for hydroxylation is 3. The molecule has 0 saturated heterocycles. The number of benzene rings is 5. The van der Waals surface area contributed by atoms with E-state index < -0.39 is 5.41 Å². The standard InChI is InChI=1S/C56H58N2O/c1-35-26-36(2)52(37(3)27-35)39-28-38(50-34-42(23-25-57-50)55(10,11)12)29-45(30-39)59-44-17-15-16-43(31-44)56(51-18-13-14-24-58-51)48-32-40(53(4,5)6)19-21-46(48)47-22-20-41(33-49(47)56)54(7,8)9/h13-34H,1-12H3. The topological polar surface area (TPSA) is 35.0 Å². The maximum absolute atomic E-state index is 7.07. The van der Waals surface area contributed by atoms with Gasteiger partial charge in [0.2, 0.25) is 0 Å². The van der Waals surface area contributed by atoms with Crippen molar-refractivity contribution < 1.29 is 4.74 Å². The maximum Gasteiger partial charge on any atom is 0.128 e. The van der Waals surface area contributed by atoms with Gasteiger partial charge in [-0.3, -0.25) is 9.97 Å². The number of ether oxygens (including phenoxy) is 1. The van der Waals surface area contributed by atoms with Crippen molar-refractivity contribution in [2.24, 2.45) is 0 Å². The zero-order valence-electron chi connectivity index (χ0n) is 37.0. The normalized spacial score (nSPS) is 13.6. The highest BCUT2D eigenvalue weighted by Gasteiger charge is 2.48. The summed E-state index contributed by atoms with van der Waals surface area (Å²) < 4.78 is 7.07. The first-order chi connectivity index (χ1) is 27.8. The van der Waals surface area contributed by atoms with Gasteiger partial charge in [0, 0.05) is 18.0 Å². The highest BCUT2D eigenvalue weighted by Crippen LogP contribution is 2.57. The van der Waals surface area contributed by atoms with Crippen LogP contribution in [0.1, 0.15) is 118 Å². The van der Waals surface area contributed by atoms with Gasteiger partial charge in [0.1, 0.15) is 11.5 Å². The number of rotatable bonds is 6. The fraction of sp³-hybridized carbons (Fsp3) is 0.286. The summed E-state index contributed by atoms with van der Waals surface area (Å²) in [4.78, 5) is 10.1. The van der Waals surface area contributed by atoms with E-state index in [-0.39, 0.29) is 16.2 Å². The van der Waals surface area contributed by atoms with E-state index in [1.807, 2.05) is 18.5 Å². The van der Waals surface area contributed by atoms with Gasteiger partial charge < -0.3 is 4.74 Å². The van der Waals surface area contributed by atoms with Crippen molar-refractivity contribution in [2.45, 2.75) is 105 Å². The van der Waals surface area contributed by atoms with Crippen molar-refractivity contribution in [2.75, 3.05) is 0 Å². The second-order valence-corrected chi connectivity index (χ2v) is 19.8. The Bertz CT molecular complexity index is 2630. The number of pyridine rings is 2. The zero-order valence-corrected chi connectivity index (χ0v) is 37.0. The van der Waals surface area contributed by atoms with Crippen LogP contribution in [0.2, 0.25) is 0 Å². The van der Waals surface area contributed by atoms with Gasteiger partial charge in [0.25, 0.3) is 0 Å². The molecule has 8 rings (SSSR count). The third-order valence-corrected chi connectivity index (χ3v) is 12.2. The van der Waals surface area contributed by atoms with Gasteiger partial charge in [-0.05, 0) is 158 Å². The molecule has 1 aliphatic rings. The molecule has 0 spiro atoms. The summed E-state index contributed by atoms with van der Waals surface area (Å²) in [6.07, 6.45) is 3.86. The van der Waals surface area contributed by atoms with Crippen molar-refractivity contribution in [3.63, 3.8) is 0 Å². The number of fused-ring (bicyclic) bond motifs is 3. The van der Waals surface area contributed by atoms with E-state index in [1.165, 1.54) is 61.2 Å². The summed E-state index contributed by atoms with van der Waals surface area (Å²) in [5, 5.41) is 0. The average molecular weight is 775 g/mol. The molecule has 59 heavy (non-hydrogen) atoms. The lowest BCUT2D eigenvalue weighted by Gasteiger charge is -2.34. The predicted molar refractivity (Wildman–Crippen MR) is 247 cm³/mol. The van der Waals surface area contributed by atoms with Gasteiger partial charge >= 0.3 is 0 Å². The lowest BCUT2D eigenvalue weighted by molar-refractivity contribution is 0.481. The van der Waals surface area contributed by atoms with Gasteiger partial charge in [-0.1, -0.05) is 135 Å². The molecule has 0 fully saturated rings. The van der Waals surface area contributed by atoms with Crippen LogP contribution >= 0.6 is 0 Å². The van der Waals surface area contributed by atoms with Crippen molar-refractivity contribution in [3.05, 3.63) is 189 Å². The van der Waals surface area contributed by atoms with Crippen molar-refractivity contribution in [1.29, 1.82) is 0 Å². The third-order valence-electron chi connectivity index (χ3n) is 12.2. The molecule has 2 heterocycles. The molecule has 0 radical (unpaired) electrons. The molecule has 0 saturated carbocycles. The maximum atomic E-state index is 7.07. The van der Waals surface area contributed by atoms with E-state index in [0.717, 1.165) is 39.6 Å². The van der Waals surface area contributed by atoms with E-state index in [2.05, 4.69) is 198 Å². The highest BCUT2D eigenvalue weighted by molar-refractivity contribution is 5.87. The lowest BCUT2D eigenvalue weighted by atomic mass is 9.68. The number of hydrogen-bond donors (Lipinski definition) is 0. The summed E-state index contributed by atoms with van der Waals surface area (Å²) in [5.41, 5.74) is 18.2. The molecule has 3 nitrogen and oxygen atoms in total. The minimum Gasteiger partial charge on any atom is -0.457 e. The van der Waals surface area contributed by atoms with E-state index in [4.69, 9.17) is 14.7 Å². The van der Waals surface area contributed by atoms with Gasteiger partial charge in [-0.25, -0.2) is 0 Å². The van der Waals surface area contributed by atoms with Crippen LogP contribution in [-0.4, -0.2) is 9.97 Å². The minimum absolute atomic E-state index is 0.0124. The summed E-state index contributed by atoms with van der Waals surface area (Å²) in [6.45, 7) is 27.1. The molecule has 0 bridgehead atoms. The summed E-state index contributed by atoms with van der Waals surface area (Å²) in [7, 11) is 0. The van der Waals surface area contributed by atoms with Crippen LogP contribution in [-0.2, 0) is 21.7 Å². The Morgan fingerprint density at radius 2 is 1.07 bits per heavy atom. The molecular formula is C56H58N2O. The van der Waals surface area contributed by atoms with Crippen molar-refractivity contribution >= 4 is 0 Å². The number of aromatic nitrogens is 2. The molecule has 0 amide bonds. The van der Waals surface area contributed by atoms with Gasteiger partial charge in [-0.15, -0.1) is 0 Å². The van der Waals surface area contributed by atoms with Crippen LogP contribution in [0.25, 0.3) is 33.5 Å². The molecule has 2 aromatic heterocycles. The van der Waals surface area contributed by atoms with Crippen LogP contribution in [0.3, 0.4) is 0 Å². The molecule has 1 aliphatic carbocycles. The highest BCUT2D eigenvalue weighted by atomic mass is 16.5. The Balaban J connectivity index is 1.35. The molecule has 5 aromatic carbocycles. The predicted octanol–water partition coefficient (Wildman–Crippen LogP) is 14.8. The summed E-state index contributed by atoms with van der Waals surface area (Å²) in [5.74, 6) is 1.53. The fourth-order valence-corrected chi connectivity index (χ4v) is 9.15. The molecule has 0 aliphatic heterocycles. The van der Waals surface area contributed by atoms with E-state index in [0.29, 0.717) is 0 Å². The van der Waals surface area contributed by atoms with Crippen molar-refractivity contribution in [1.82, 2.24) is 9.97 Å². The molecule has 3 heteroatoms. The first-order valence-corrected chi connectivity index (χ1v) is 21.0. The molecule has 0 unspecified atom stereocenters. The second kappa shape index (κ2) is 14.5. The van der Waals surface area contributed by atoms with Crippen LogP contribution in [0, 0.1) is 20.8 Å². The Kier molecular flexibility index (Phi) is 9.82. The number of nitrogens with zero attached hydrogens (tertiary/aromatic N) is 2. The smallest absolute Gasteiger partial charge is 0.128 e. The Hall–Kier alpha value is -5.80. The van der Waals surface area contributed by atoms with Crippen LogP contribution in [0.15, 0.2) is 134 Å². The molecule has 7 aromatic rings. The Morgan fingerprint density at radius 3 is 1.64 bits per heavy atom. The molecule has 298 valence electrons. The molecule has 0 N–H and O–H groups in total. The molecular weight excluding hydrogens is 717 g/mol. The Morgan fingerprint density at radius 1 is 0.475 bits per heavy atom. The lowest BCUT2D eigenvalue weighted by Crippen LogP contribution is -2.30. The van der Waals surface area contributed by atoms with E-state index in [1.54, 1.807) is 0 Å². The first kappa shape index (κ1) is 40.0. The van der Waals surface area contributed by atoms with Gasteiger partial charge in [-0.2, -0.15) is 0 Å². The monoisotopic (exact) mass is 774 g/mol. The van der Waals surface area contributed by atoms with Crippen LogP contribution in [0.4, 0.5) is 0 Å². The quantitative estimate of drug-likeness (QED) is 0.169. The van der Waals surface area contributed by atoms with Crippen LogP contribution < -0.4 is 4.74 Å². The largest absolute Gasteiger partial charge is 0.457 e. The SMILES string of the molecule is Cc1cc(C)c(-c2cc(Oc3cccc(C4(c5ccccn5)c5cc(C(C)(C)C)ccc5-c5ccc(C(C)(C)C)cc54)c3)cc(-c3cc(C(C)(C)C)ccn3)c2)c(C)c1. The summed E-state index contributed by atoms with van der Waals surface area (Å²) >= 11 is 0. The van der Waals surface area contributed by atoms with Crippen molar-refractivity contribution in [3.8, 4) is 45.0 Å². The van der Waals surface area contributed by atoms with Gasteiger partial charge in [0.15, 0.2) is 0 Å². The number of hydrogen-bond acceptors (Lipinski definition) is 3. The Labute approximate surface area is 352 Å².